The van der Waals surface area contributed by atoms with E-state index in [1.807, 2.05) is 6.92 Å². The number of hydrogen-bond acceptors (Lipinski definition) is 5. The number of anilines is 1. The quantitative estimate of drug-likeness (QED) is 0.603. The highest BCUT2D eigenvalue weighted by atomic mass is 35.5. The molecular weight excluding hydrogens is 367 g/mol. The lowest BCUT2D eigenvalue weighted by Crippen LogP contribution is -2.30. The maximum Gasteiger partial charge on any atom is 0.359 e. The molecule has 0 aliphatic heterocycles. The second kappa shape index (κ2) is 8.69. The molecule has 1 unspecified atom stereocenters. The molecule has 0 spiro atoms. The van der Waals surface area contributed by atoms with Gasteiger partial charge in [-0.2, -0.15) is 0 Å². The molecule has 6 nitrogen and oxygen atoms in total. The van der Waals surface area contributed by atoms with E-state index in [-0.39, 0.29) is 15.9 Å². The fraction of sp³-hybridized carbons (Fsp3) is 0.235. The molecule has 1 atom stereocenters. The van der Waals surface area contributed by atoms with Gasteiger partial charge in [-0.3, -0.25) is 4.79 Å². The van der Waals surface area contributed by atoms with Crippen molar-refractivity contribution in [1.82, 2.24) is 4.98 Å². The number of ether oxygens (including phenoxy) is 2. The summed E-state index contributed by atoms with van der Waals surface area (Å²) in [4.78, 5) is 28.0. The maximum atomic E-state index is 12.1. The molecule has 2 aromatic rings. The first-order chi connectivity index (χ1) is 11.9. The van der Waals surface area contributed by atoms with Gasteiger partial charge in [-0.15, -0.1) is 0 Å². The molecule has 1 heterocycles. The monoisotopic (exact) mass is 382 g/mol. The number of carbonyl (C=O) groups is 2. The summed E-state index contributed by atoms with van der Waals surface area (Å²) < 4.78 is 10.4. The summed E-state index contributed by atoms with van der Waals surface area (Å²) in [5.41, 5.74) is 0.408. The number of esters is 1. The van der Waals surface area contributed by atoms with E-state index in [1.165, 1.54) is 19.1 Å². The van der Waals surface area contributed by atoms with Gasteiger partial charge in [0.15, 0.2) is 11.8 Å². The van der Waals surface area contributed by atoms with Gasteiger partial charge < -0.3 is 14.8 Å². The van der Waals surface area contributed by atoms with E-state index in [0.29, 0.717) is 18.0 Å². The Kier molecular flexibility index (Phi) is 6.61. The number of nitrogens with zero attached hydrogens (tertiary/aromatic N) is 1. The number of amides is 1. The molecule has 8 heteroatoms. The molecule has 0 radical (unpaired) electrons. The highest BCUT2D eigenvalue weighted by Crippen LogP contribution is 2.19. The SMILES string of the molecule is CCOc1ccc(NC(=O)C(C)OC(=O)c2nc(Cl)ccc2Cl)cc1. The number of rotatable bonds is 6. The standard InChI is InChI=1S/C17H16Cl2N2O4/c1-3-24-12-6-4-11(5-7-12)20-16(22)10(2)25-17(23)15-13(18)8-9-14(19)21-15/h4-10H,3H2,1-2H3,(H,20,22). The Labute approximate surface area is 155 Å². The smallest absolute Gasteiger partial charge is 0.359 e. The second-order valence-corrected chi connectivity index (χ2v) is 5.75. The van der Waals surface area contributed by atoms with Gasteiger partial charge in [0, 0.05) is 5.69 Å². The van der Waals surface area contributed by atoms with Gasteiger partial charge in [-0.25, -0.2) is 9.78 Å². The van der Waals surface area contributed by atoms with E-state index in [2.05, 4.69) is 10.3 Å². The summed E-state index contributed by atoms with van der Waals surface area (Å²) in [6.07, 6.45) is -1.05. The van der Waals surface area contributed by atoms with Crippen LogP contribution >= 0.6 is 23.2 Å². The minimum Gasteiger partial charge on any atom is -0.494 e. The van der Waals surface area contributed by atoms with Crippen molar-refractivity contribution in [1.29, 1.82) is 0 Å². The molecule has 1 amide bonds. The summed E-state index contributed by atoms with van der Waals surface area (Å²) in [7, 11) is 0. The number of halogens is 2. The molecule has 0 saturated heterocycles. The second-order valence-electron chi connectivity index (χ2n) is 4.96. The Bertz CT molecular complexity index is 766. The van der Waals surface area contributed by atoms with Gasteiger partial charge in [0.2, 0.25) is 0 Å². The first-order valence-electron chi connectivity index (χ1n) is 7.47. The number of pyridine rings is 1. The molecule has 2 rings (SSSR count). The zero-order valence-corrected chi connectivity index (χ0v) is 15.1. The summed E-state index contributed by atoms with van der Waals surface area (Å²) in [5, 5.41) is 2.83. The topological polar surface area (TPSA) is 77.5 Å². The number of benzene rings is 1. The zero-order chi connectivity index (χ0) is 18.4. The van der Waals surface area contributed by atoms with Crippen LogP contribution in [0.3, 0.4) is 0 Å². The summed E-state index contributed by atoms with van der Waals surface area (Å²) in [6, 6.07) is 9.71. The summed E-state index contributed by atoms with van der Waals surface area (Å²) in [6.45, 7) is 3.88. The molecule has 1 aromatic carbocycles. The highest BCUT2D eigenvalue weighted by molar-refractivity contribution is 6.34. The van der Waals surface area contributed by atoms with E-state index in [9.17, 15) is 9.59 Å². The molecule has 25 heavy (non-hydrogen) atoms. The highest BCUT2D eigenvalue weighted by Gasteiger charge is 2.22. The lowest BCUT2D eigenvalue weighted by atomic mass is 10.3. The summed E-state index contributed by atoms with van der Waals surface area (Å²) >= 11 is 11.6. The van der Waals surface area contributed by atoms with Crippen LogP contribution in [0.5, 0.6) is 5.75 Å². The molecule has 1 aromatic heterocycles. The van der Waals surface area contributed by atoms with Gasteiger partial charge in [0.1, 0.15) is 10.9 Å². The van der Waals surface area contributed by atoms with Crippen molar-refractivity contribution in [3.05, 3.63) is 52.3 Å². The zero-order valence-electron chi connectivity index (χ0n) is 13.6. The molecule has 0 saturated carbocycles. The van der Waals surface area contributed by atoms with Crippen LogP contribution in [0.15, 0.2) is 36.4 Å². The largest absolute Gasteiger partial charge is 0.494 e. The summed E-state index contributed by atoms with van der Waals surface area (Å²) in [5.74, 6) is -0.626. The molecule has 132 valence electrons. The van der Waals surface area contributed by atoms with Gasteiger partial charge in [-0.1, -0.05) is 23.2 Å². The minimum atomic E-state index is -1.05. The van der Waals surface area contributed by atoms with E-state index < -0.39 is 18.0 Å². The molecule has 0 aliphatic carbocycles. The third-order valence-electron chi connectivity index (χ3n) is 3.09. The normalized spacial score (nSPS) is 11.5. The van der Waals surface area contributed by atoms with Crippen molar-refractivity contribution in [3.8, 4) is 5.75 Å². The Morgan fingerprint density at radius 3 is 2.48 bits per heavy atom. The van der Waals surface area contributed by atoms with Crippen molar-refractivity contribution < 1.29 is 19.1 Å². The van der Waals surface area contributed by atoms with E-state index in [4.69, 9.17) is 32.7 Å². The van der Waals surface area contributed by atoms with Gasteiger partial charge in [-0.05, 0) is 50.2 Å². The van der Waals surface area contributed by atoms with Crippen molar-refractivity contribution in [2.45, 2.75) is 20.0 Å². The Morgan fingerprint density at radius 2 is 1.84 bits per heavy atom. The lowest BCUT2D eigenvalue weighted by molar-refractivity contribution is -0.123. The van der Waals surface area contributed by atoms with Crippen LogP contribution in [0.4, 0.5) is 5.69 Å². The Morgan fingerprint density at radius 1 is 1.16 bits per heavy atom. The predicted molar refractivity (Wildman–Crippen MR) is 95.4 cm³/mol. The van der Waals surface area contributed by atoms with E-state index in [1.54, 1.807) is 24.3 Å². The van der Waals surface area contributed by atoms with Crippen LogP contribution in [0.1, 0.15) is 24.3 Å². The number of aromatic nitrogens is 1. The van der Waals surface area contributed by atoms with Gasteiger partial charge in [0.25, 0.3) is 5.91 Å². The van der Waals surface area contributed by atoms with Crippen LogP contribution in [0.25, 0.3) is 0 Å². The van der Waals surface area contributed by atoms with Crippen molar-refractivity contribution in [2.75, 3.05) is 11.9 Å². The maximum absolute atomic E-state index is 12.1. The van der Waals surface area contributed by atoms with Crippen molar-refractivity contribution in [2.24, 2.45) is 0 Å². The van der Waals surface area contributed by atoms with Crippen LogP contribution in [0, 0.1) is 0 Å². The van der Waals surface area contributed by atoms with E-state index in [0.717, 1.165) is 0 Å². The number of nitrogens with one attached hydrogen (secondary N) is 1. The predicted octanol–water partition coefficient (Wildman–Crippen LogP) is 3.97. The number of hydrogen-bond donors (Lipinski definition) is 1. The fourth-order valence-corrected chi connectivity index (χ4v) is 2.21. The molecule has 0 bridgehead atoms. The van der Waals surface area contributed by atoms with Crippen LogP contribution in [-0.2, 0) is 9.53 Å². The van der Waals surface area contributed by atoms with Crippen LogP contribution in [-0.4, -0.2) is 29.6 Å². The Balaban J connectivity index is 1.97. The van der Waals surface area contributed by atoms with Crippen molar-refractivity contribution in [3.63, 3.8) is 0 Å². The Hall–Kier alpha value is -2.31. The van der Waals surface area contributed by atoms with E-state index >= 15 is 0 Å². The average molecular weight is 383 g/mol. The van der Waals surface area contributed by atoms with Crippen LogP contribution in [0.2, 0.25) is 10.2 Å². The fourth-order valence-electron chi connectivity index (χ4n) is 1.88. The van der Waals surface area contributed by atoms with Gasteiger partial charge in [0.05, 0.1) is 11.6 Å². The van der Waals surface area contributed by atoms with Crippen molar-refractivity contribution >= 4 is 40.8 Å². The van der Waals surface area contributed by atoms with Gasteiger partial charge >= 0.3 is 5.97 Å². The molecule has 1 N–H and O–H groups in total. The third kappa shape index (κ3) is 5.34. The average Bonchev–Trinajstić information content (AvgIpc) is 2.58. The lowest BCUT2D eigenvalue weighted by Gasteiger charge is -2.14. The third-order valence-corrected chi connectivity index (χ3v) is 3.61. The molecule has 0 aliphatic rings. The molecule has 0 fully saturated rings. The first-order valence-corrected chi connectivity index (χ1v) is 8.23. The molecular formula is C17H16Cl2N2O4. The minimum absolute atomic E-state index is 0.0912. The first kappa shape index (κ1) is 19.0. The number of carbonyl (C=O) groups excluding carboxylic acids is 2. The van der Waals surface area contributed by atoms with Crippen LogP contribution < -0.4 is 10.1 Å².